The van der Waals surface area contributed by atoms with Crippen molar-refractivity contribution < 1.29 is 9.90 Å². The SMILES string of the molecule is CCCc1cc(N[C@@H]2CC[C@@H](NC(=O)C3CCN(c4ccc(CO)cc4)CC3)C2)n2nccc2n1. The molecule has 3 aromatic rings. The lowest BCUT2D eigenvalue weighted by Gasteiger charge is -2.33. The van der Waals surface area contributed by atoms with Crippen molar-refractivity contribution in [3.05, 3.63) is 53.9 Å². The van der Waals surface area contributed by atoms with Crippen LogP contribution in [0.25, 0.3) is 5.65 Å². The van der Waals surface area contributed by atoms with Crippen molar-refractivity contribution in [3.63, 3.8) is 0 Å². The van der Waals surface area contributed by atoms with Crippen LogP contribution in [0.15, 0.2) is 42.6 Å². The van der Waals surface area contributed by atoms with Crippen molar-refractivity contribution in [1.29, 1.82) is 0 Å². The molecule has 3 heterocycles. The van der Waals surface area contributed by atoms with Crippen LogP contribution in [0, 0.1) is 5.92 Å². The second kappa shape index (κ2) is 10.6. The molecule has 1 aliphatic carbocycles. The van der Waals surface area contributed by atoms with E-state index in [0.29, 0.717) is 6.04 Å². The van der Waals surface area contributed by atoms with Crippen LogP contribution in [0.1, 0.15) is 56.7 Å². The van der Waals surface area contributed by atoms with Gasteiger partial charge in [-0.15, -0.1) is 0 Å². The molecule has 8 heteroatoms. The molecule has 0 bridgehead atoms. The average molecular weight is 477 g/mol. The van der Waals surface area contributed by atoms with E-state index in [4.69, 9.17) is 0 Å². The summed E-state index contributed by atoms with van der Waals surface area (Å²) in [6.45, 7) is 4.00. The predicted octanol–water partition coefficient (Wildman–Crippen LogP) is 3.54. The number of carbonyl (C=O) groups is 1. The van der Waals surface area contributed by atoms with Gasteiger partial charge >= 0.3 is 0 Å². The zero-order chi connectivity index (χ0) is 24.2. The summed E-state index contributed by atoms with van der Waals surface area (Å²) in [7, 11) is 0. The Morgan fingerprint density at radius 2 is 1.86 bits per heavy atom. The summed E-state index contributed by atoms with van der Waals surface area (Å²) in [5, 5.41) is 20.7. The van der Waals surface area contributed by atoms with Gasteiger partial charge in [-0.2, -0.15) is 9.61 Å². The fourth-order valence-electron chi connectivity index (χ4n) is 5.44. The van der Waals surface area contributed by atoms with Gasteiger partial charge in [-0.05, 0) is 56.2 Å². The average Bonchev–Trinajstić information content (AvgIpc) is 3.54. The zero-order valence-corrected chi connectivity index (χ0v) is 20.5. The molecular weight excluding hydrogens is 440 g/mol. The number of aliphatic hydroxyl groups excluding tert-OH is 1. The van der Waals surface area contributed by atoms with Crippen LogP contribution < -0.4 is 15.5 Å². The number of fused-ring (bicyclic) bond motifs is 1. The second-order valence-corrected chi connectivity index (χ2v) is 9.93. The normalized spacial score (nSPS) is 20.9. The number of amides is 1. The molecule has 1 aromatic carbocycles. The van der Waals surface area contributed by atoms with E-state index in [1.54, 1.807) is 6.20 Å². The van der Waals surface area contributed by atoms with Crippen molar-refractivity contribution in [2.45, 2.75) is 70.6 Å². The first-order chi connectivity index (χ1) is 17.1. The van der Waals surface area contributed by atoms with Crippen molar-refractivity contribution in [3.8, 4) is 0 Å². The summed E-state index contributed by atoms with van der Waals surface area (Å²) >= 11 is 0. The lowest BCUT2D eigenvalue weighted by Crippen LogP contribution is -2.43. The maximum absolute atomic E-state index is 13.0. The third-order valence-electron chi connectivity index (χ3n) is 7.40. The summed E-state index contributed by atoms with van der Waals surface area (Å²) in [6.07, 6.45) is 8.49. The van der Waals surface area contributed by atoms with E-state index in [1.807, 2.05) is 22.7 Å². The Labute approximate surface area is 206 Å². The van der Waals surface area contributed by atoms with Gasteiger partial charge in [0.2, 0.25) is 5.91 Å². The zero-order valence-electron chi connectivity index (χ0n) is 20.5. The van der Waals surface area contributed by atoms with Crippen LogP contribution >= 0.6 is 0 Å². The molecule has 2 atom stereocenters. The number of aryl methyl sites for hydroxylation is 1. The van der Waals surface area contributed by atoms with E-state index in [0.717, 1.165) is 86.4 Å². The third-order valence-corrected chi connectivity index (χ3v) is 7.40. The lowest BCUT2D eigenvalue weighted by atomic mass is 9.95. The van der Waals surface area contributed by atoms with Gasteiger partial charge in [0.1, 0.15) is 5.82 Å². The van der Waals surface area contributed by atoms with Gasteiger partial charge in [-0.1, -0.05) is 25.5 Å². The topological polar surface area (TPSA) is 94.8 Å². The minimum absolute atomic E-state index is 0.0656. The number of rotatable bonds is 8. The number of hydrogen-bond acceptors (Lipinski definition) is 6. The van der Waals surface area contributed by atoms with Crippen molar-refractivity contribution in [1.82, 2.24) is 19.9 Å². The van der Waals surface area contributed by atoms with Crippen LogP contribution in [-0.4, -0.2) is 50.8 Å². The maximum atomic E-state index is 13.0. The summed E-state index contributed by atoms with van der Waals surface area (Å²) in [5.74, 6) is 1.27. The third kappa shape index (κ3) is 5.42. The number of nitrogens with zero attached hydrogens (tertiary/aromatic N) is 4. The molecule has 5 rings (SSSR count). The molecule has 1 saturated heterocycles. The summed E-state index contributed by atoms with van der Waals surface area (Å²) in [6, 6.07) is 12.6. The van der Waals surface area contributed by atoms with Gasteiger partial charge in [0, 0.05) is 54.6 Å². The largest absolute Gasteiger partial charge is 0.392 e. The smallest absolute Gasteiger partial charge is 0.223 e. The molecule has 2 fully saturated rings. The summed E-state index contributed by atoms with van der Waals surface area (Å²) < 4.78 is 1.87. The fourth-order valence-corrected chi connectivity index (χ4v) is 5.44. The van der Waals surface area contributed by atoms with Gasteiger partial charge in [-0.3, -0.25) is 4.79 Å². The molecule has 1 aliphatic heterocycles. The van der Waals surface area contributed by atoms with E-state index < -0.39 is 0 Å². The number of hydrogen-bond donors (Lipinski definition) is 3. The predicted molar refractivity (Wildman–Crippen MR) is 137 cm³/mol. The van der Waals surface area contributed by atoms with Gasteiger partial charge in [0.25, 0.3) is 0 Å². The minimum Gasteiger partial charge on any atom is -0.392 e. The fraction of sp³-hybridized carbons (Fsp3) is 0.519. The first kappa shape index (κ1) is 23.6. The Morgan fingerprint density at radius 3 is 2.60 bits per heavy atom. The Bertz CT molecular complexity index is 1140. The van der Waals surface area contributed by atoms with E-state index >= 15 is 0 Å². The molecule has 0 spiro atoms. The number of carbonyl (C=O) groups excluding carboxylic acids is 1. The van der Waals surface area contributed by atoms with Crippen LogP contribution in [0.3, 0.4) is 0 Å². The number of anilines is 2. The van der Waals surface area contributed by atoms with Gasteiger partial charge in [0.15, 0.2) is 5.65 Å². The molecule has 1 amide bonds. The lowest BCUT2D eigenvalue weighted by molar-refractivity contribution is -0.126. The molecule has 8 nitrogen and oxygen atoms in total. The monoisotopic (exact) mass is 476 g/mol. The highest BCUT2D eigenvalue weighted by atomic mass is 16.3. The number of aliphatic hydroxyl groups is 1. The highest BCUT2D eigenvalue weighted by Gasteiger charge is 2.30. The summed E-state index contributed by atoms with van der Waals surface area (Å²) in [5.41, 5.74) is 4.04. The molecule has 2 aliphatic rings. The molecule has 35 heavy (non-hydrogen) atoms. The highest BCUT2D eigenvalue weighted by Crippen LogP contribution is 2.27. The molecule has 1 saturated carbocycles. The van der Waals surface area contributed by atoms with E-state index in [1.165, 1.54) is 0 Å². The van der Waals surface area contributed by atoms with Crippen LogP contribution in [0.5, 0.6) is 0 Å². The van der Waals surface area contributed by atoms with Gasteiger partial charge in [0.05, 0.1) is 12.8 Å². The standard InChI is InChI=1S/C27H36N6O2/c1-2-3-21-17-26(33-25(29-21)10-13-28-33)30-22-6-7-23(16-22)31-27(35)20-11-14-32(15-12-20)24-8-4-19(18-34)5-9-24/h4-5,8-10,13,17,20,22-23,30,34H,2-3,6-7,11-12,14-16,18H2,1H3,(H,31,35)/t22-,23-/m1/s1. The number of nitrogens with one attached hydrogen (secondary N) is 2. The van der Waals surface area contributed by atoms with E-state index in [9.17, 15) is 9.90 Å². The Morgan fingerprint density at radius 1 is 1.09 bits per heavy atom. The molecule has 0 unspecified atom stereocenters. The van der Waals surface area contributed by atoms with Gasteiger partial charge in [-0.25, -0.2) is 4.98 Å². The molecule has 0 radical (unpaired) electrons. The Hall–Kier alpha value is -3.13. The first-order valence-corrected chi connectivity index (χ1v) is 13.0. The number of aromatic nitrogens is 3. The van der Waals surface area contributed by atoms with Crippen molar-refractivity contribution in [2.75, 3.05) is 23.3 Å². The van der Waals surface area contributed by atoms with Crippen LogP contribution in [0.4, 0.5) is 11.5 Å². The Kier molecular flexibility index (Phi) is 7.18. The van der Waals surface area contributed by atoms with Crippen molar-refractivity contribution in [2.24, 2.45) is 5.92 Å². The van der Waals surface area contributed by atoms with E-state index in [-0.39, 0.29) is 24.5 Å². The first-order valence-electron chi connectivity index (χ1n) is 13.0. The number of benzene rings is 1. The highest BCUT2D eigenvalue weighted by molar-refractivity contribution is 5.79. The quantitative estimate of drug-likeness (QED) is 0.460. The molecule has 2 aromatic heterocycles. The number of piperidine rings is 1. The summed E-state index contributed by atoms with van der Waals surface area (Å²) in [4.78, 5) is 20.0. The molecule has 186 valence electrons. The maximum Gasteiger partial charge on any atom is 0.223 e. The van der Waals surface area contributed by atoms with Crippen LogP contribution in [-0.2, 0) is 17.8 Å². The molecule has 3 N–H and O–H groups in total. The minimum atomic E-state index is 0.0656. The van der Waals surface area contributed by atoms with Gasteiger partial charge < -0.3 is 20.6 Å². The Balaban J connectivity index is 1.12. The molecular formula is C27H36N6O2. The second-order valence-electron chi connectivity index (χ2n) is 9.93. The van der Waals surface area contributed by atoms with Crippen LogP contribution in [0.2, 0.25) is 0 Å². The van der Waals surface area contributed by atoms with Crippen molar-refractivity contribution >= 4 is 23.1 Å². The van der Waals surface area contributed by atoms with E-state index in [2.05, 4.69) is 50.7 Å².